The molecule has 0 saturated carbocycles. The molecule has 1 N–H and O–H groups in total. The van der Waals surface area contributed by atoms with E-state index in [0.29, 0.717) is 5.82 Å². The fourth-order valence-electron chi connectivity index (χ4n) is 3.44. The molecule has 0 saturated heterocycles. The molecule has 1 heterocycles. The number of hydrogen-bond donors (Lipinski definition) is 1. The number of methoxy groups -OCH3 is 1. The third-order valence-corrected chi connectivity index (χ3v) is 5.50. The van der Waals surface area contributed by atoms with Crippen molar-refractivity contribution in [1.29, 1.82) is 0 Å². The molecule has 0 radical (unpaired) electrons. The first-order valence-electron chi connectivity index (χ1n) is 11.7. The lowest BCUT2D eigenvalue weighted by atomic mass is 9.92. The molecule has 7 nitrogen and oxygen atoms in total. The second-order valence-electron chi connectivity index (χ2n) is 9.63. The molecule has 2 aromatic carbocycles. The molecule has 0 atom stereocenters. The van der Waals surface area contributed by atoms with Gasteiger partial charge in [0, 0.05) is 23.6 Å². The van der Waals surface area contributed by atoms with Crippen molar-refractivity contribution in [1.82, 2.24) is 14.7 Å². The van der Waals surface area contributed by atoms with Crippen LogP contribution < -0.4 is 10.1 Å². The van der Waals surface area contributed by atoms with E-state index < -0.39 is 0 Å². The number of carbonyl (C=O) groups is 2. The van der Waals surface area contributed by atoms with E-state index >= 15 is 0 Å². The average Bonchev–Trinajstić information content (AvgIpc) is 3.25. The van der Waals surface area contributed by atoms with Gasteiger partial charge in [-0.3, -0.25) is 9.59 Å². The summed E-state index contributed by atoms with van der Waals surface area (Å²) in [5.74, 6) is 0.756. The highest BCUT2D eigenvalue weighted by Gasteiger charge is 2.23. The molecule has 0 aliphatic heterocycles. The molecule has 0 aliphatic rings. The van der Waals surface area contributed by atoms with E-state index in [1.54, 1.807) is 17.9 Å². The van der Waals surface area contributed by atoms with Gasteiger partial charge < -0.3 is 15.0 Å². The topological polar surface area (TPSA) is 76.5 Å². The van der Waals surface area contributed by atoms with E-state index in [2.05, 4.69) is 26.1 Å². The number of nitrogens with one attached hydrogen (secondary N) is 1. The number of rotatable bonds is 8. The van der Waals surface area contributed by atoms with E-state index in [-0.39, 0.29) is 29.8 Å². The summed E-state index contributed by atoms with van der Waals surface area (Å²) < 4.78 is 6.96. The Morgan fingerprint density at radius 3 is 2.31 bits per heavy atom. The molecule has 0 spiro atoms. The van der Waals surface area contributed by atoms with Gasteiger partial charge in [0.15, 0.2) is 0 Å². The largest absolute Gasteiger partial charge is 0.497 e. The van der Waals surface area contributed by atoms with Crippen molar-refractivity contribution in [2.75, 3.05) is 19.0 Å². The van der Waals surface area contributed by atoms with Crippen LogP contribution in [0.3, 0.4) is 0 Å². The zero-order chi connectivity index (χ0) is 25.6. The molecular weight excluding hydrogens is 440 g/mol. The first-order valence-corrected chi connectivity index (χ1v) is 11.7. The van der Waals surface area contributed by atoms with Gasteiger partial charge in [0.2, 0.25) is 11.8 Å². The molecule has 0 unspecified atom stereocenters. The highest BCUT2D eigenvalue weighted by molar-refractivity contribution is 5.98. The van der Waals surface area contributed by atoms with Crippen LogP contribution in [-0.2, 0) is 15.0 Å². The van der Waals surface area contributed by atoms with Crippen LogP contribution in [-0.4, -0.2) is 46.2 Å². The Hall–Kier alpha value is -3.87. The van der Waals surface area contributed by atoms with E-state index in [4.69, 9.17) is 9.84 Å². The lowest BCUT2D eigenvalue weighted by Crippen LogP contribution is -2.41. The van der Waals surface area contributed by atoms with Crippen molar-refractivity contribution in [3.8, 4) is 11.4 Å². The summed E-state index contributed by atoms with van der Waals surface area (Å²) in [6, 6.07) is 18.8. The Kier molecular flexibility index (Phi) is 8.12. The van der Waals surface area contributed by atoms with Gasteiger partial charge in [-0.2, -0.15) is 5.10 Å². The van der Waals surface area contributed by atoms with Crippen molar-refractivity contribution in [2.24, 2.45) is 0 Å². The SMILES string of the molecule is COc1ccc(-n2nc(C(C)(C)C)cc2NC(=O)CN(C(=O)C=Cc2ccccc2)C(C)C)cc1. The number of nitrogens with zero attached hydrogens (tertiary/aromatic N) is 3. The maximum absolute atomic E-state index is 13.1. The van der Waals surface area contributed by atoms with Gasteiger partial charge in [-0.15, -0.1) is 0 Å². The predicted octanol–water partition coefficient (Wildman–Crippen LogP) is 5.07. The van der Waals surface area contributed by atoms with Crippen LogP contribution in [0.4, 0.5) is 5.82 Å². The van der Waals surface area contributed by atoms with Crippen molar-refractivity contribution >= 4 is 23.7 Å². The maximum atomic E-state index is 13.1. The van der Waals surface area contributed by atoms with Crippen molar-refractivity contribution in [3.05, 3.63) is 78.0 Å². The summed E-state index contributed by atoms with van der Waals surface area (Å²) in [5, 5.41) is 7.70. The Morgan fingerprint density at radius 2 is 1.74 bits per heavy atom. The first-order chi connectivity index (χ1) is 16.6. The van der Waals surface area contributed by atoms with Gasteiger partial charge >= 0.3 is 0 Å². The highest BCUT2D eigenvalue weighted by Crippen LogP contribution is 2.27. The molecule has 35 heavy (non-hydrogen) atoms. The standard InChI is InChI=1S/C28H34N4O3/c1-20(2)31(27(34)17-12-21-10-8-7-9-11-21)19-26(33)29-25-18-24(28(3,4)5)30-32(25)22-13-15-23(35-6)16-14-22/h7-18,20H,19H2,1-6H3,(H,29,33). The molecule has 0 fully saturated rings. The van der Waals surface area contributed by atoms with Gasteiger partial charge in [0.05, 0.1) is 18.5 Å². The van der Waals surface area contributed by atoms with Crippen LogP contribution in [0.1, 0.15) is 45.9 Å². The second-order valence-corrected chi connectivity index (χ2v) is 9.63. The minimum absolute atomic E-state index is 0.0751. The first kappa shape index (κ1) is 25.7. The van der Waals surface area contributed by atoms with Crippen LogP contribution in [0.25, 0.3) is 11.8 Å². The van der Waals surface area contributed by atoms with Crippen LogP contribution in [0.5, 0.6) is 5.75 Å². The fraction of sp³-hybridized carbons (Fsp3) is 0.321. The molecule has 3 rings (SSSR count). The summed E-state index contributed by atoms with van der Waals surface area (Å²) in [6.07, 6.45) is 3.26. The number of aromatic nitrogens is 2. The fourth-order valence-corrected chi connectivity index (χ4v) is 3.44. The third-order valence-electron chi connectivity index (χ3n) is 5.50. The van der Waals surface area contributed by atoms with Gasteiger partial charge in [0.1, 0.15) is 18.1 Å². The maximum Gasteiger partial charge on any atom is 0.247 e. The van der Waals surface area contributed by atoms with Gasteiger partial charge in [-0.05, 0) is 49.8 Å². The zero-order valence-electron chi connectivity index (χ0n) is 21.3. The van der Waals surface area contributed by atoms with Crippen LogP contribution in [0.15, 0.2) is 66.7 Å². The monoisotopic (exact) mass is 474 g/mol. The van der Waals surface area contributed by atoms with E-state index in [9.17, 15) is 9.59 Å². The lowest BCUT2D eigenvalue weighted by molar-refractivity contribution is -0.132. The van der Waals surface area contributed by atoms with Gasteiger partial charge in [-0.25, -0.2) is 4.68 Å². The second kappa shape index (κ2) is 11.0. The summed E-state index contributed by atoms with van der Waals surface area (Å²) in [4.78, 5) is 27.5. The number of anilines is 1. The third kappa shape index (κ3) is 6.82. The number of ether oxygens (including phenoxy) is 1. The molecule has 3 aromatic rings. The Morgan fingerprint density at radius 1 is 1.09 bits per heavy atom. The van der Waals surface area contributed by atoms with Gasteiger partial charge in [-0.1, -0.05) is 51.1 Å². The minimum atomic E-state index is -0.296. The number of amides is 2. The van der Waals surface area contributed by atoms with E-state index in [1.165, 1.54) is 11.0 Å². The Balaban J connectivity index is 1.81. The van der Waals surface area contributed by atoms with Crippen molar-refractivity contribution < 1.29 is 14.3 Å². The van der Waals surface area contributed by atoms with E-state index in [1.807, 2.05) is 74.5 Å². The predicted molar refractivity (Wildman–Crippen MR) is 140 cm³/mol. The van der Waals surface area contributed by atoms with Crippen LogP contribution >= 0.6 is 0 Å². The highest BCUT2D eigenvalue weighted by atomic mass is 16.5. The van der Waals surface area contributed by atoms with Crippen molar-refractivity contribution in [3.63, 3.8) is 0 Å². The average molecular weight is 475 g/mol. The number of carbonyl (C=O) groups excluding carboxylic acids is 2. The Bertz CT molecular complexity index is 1170. The van der Waals surface area contributed by atoms with Crippen LogP contribution in [0, 0.1) is 0 Å². The summed E-state index contributed by atoms with van der Waals surface area (Å²) in [5.41, 5.74) is 2.34. The summed E-state index contributed by atoms with van der Waals surface area (Å²) >= 11 is 0. The minimum Gasteiger partial charge on any atom is -0.497 e. The van der Waals surface area contributed by atoms with Gasteiger partial charge in [0.25, 0.3) is 0 Å². The van der Waals surface area contributed by atoms with E-state index in [0.717, 1.165) is 22.7 Å². The summed E-state index contributed by atoms with van der Waals surface area (Å²) in [7, 11) is 1.61. The quantitative estimate of drug-likeness (QED) is 0.463. The Labute approximate surface area is 207 Å². The molecule has 2 amide bonds. The summed E-state index contributed by atoms with van der Waals surface area (Å²) in [6.45, 7) is 9.91. The molecular formula is C28H34N4O3. The lowest BCUT2D eigenvalue weighted by Gasteiger charge is -2.25. The molecule has 0 bridgehead atoms. The van der Waals surface area contributed by atoms with Crippen molar-refractivity contribution in [2.45, 2.75) is 46.1 Å². The number of benzene rings is 2. The normalized spacial score (nSPS) is 11.6. The molecule has 7 heteroatoms. The smallest absolute Gasteiger partial charge is 0.247 e. The molecule has 184 valence electrons. The molecule has 1 aromatic heterocycles. The zero-order valence-corrected chi connectivity index (χ0v) is 21.3. The number of hydrogen-bond acceptors (Lipinski definition) is 4. The molecule has 0 aliphatic carbocycles. The van der Waals surface area contributed by atoms with Crippen LogP contribution in [0.2, 0.25) is 0 Å².